The largest absolute Gasteiger partial charge is 0.484 e. The van der Waals surface area contributed by atoms with Crippen molar-refractivity contribution in [1.82, 2.24) is 0 Å². The van der Waals surface area contributed by atoms with Crippen LogP contribution in [0.4, 0.5) is 0 Å². The minimum atomic E-state index is -1.55. The molecule has 0 heterocycles. The Hall–Kier alpha value is -3.27. The molecule has 4 rings (SSSR count). The molecule has 3 aliphatic rings. The molecule has 0 radical (unpaired) electrons. The van der Waals surface area contributed by atoms with Gasteiger partial charge in [-0.05, 0) is 136 Å². The number of aliphatic hydroxyl groups is 3. The van der Waals surface area contributed by atoms with E-state index in [0.29, 0.717) is 55.8 Å². The summed E-state index contributed by atoms with van der Waals surface area (Å²) in [5, 5.41) is 37.4. The fourth-order valence-corrected chi connectivity index (χ4v) is 9.70. The molecule has 3 aliphatic carbocycles. The normalized spacial score (nSPS) is 36.3. The van der Waals surface area contributed by atoms with Crippen molar-refractivity contribution in [3.05, 3.63) is 54.7 Å². The molecule has 54 heavy (non-hydrogen) atoms. The number of carbonyl (C=O) groups excluding carboxylic acids is 3. The summed E-state index contributed by atoms with van der Waals surface area (Å²) in [7, 11) is 0. The molecule has 3 fully saturated rings. The summed E-state index contributed by atoms with van der Waals surface area (Å²) in [6.45, 7) is 21.7. The van der Waals surface area contributed by atoms with Gasteiger partial charge in [0.1, 0.15) is 50.9 Å². The smallest absolute Gasteiger partial charge is 0.152 e. The number of allylic oxidation sites excluding steroid dienone is 3. The zero-order valence-electron chi connectivity index (χ0n) is 34.9. The topological polar surface area (TPSA) is 140 Å². The van der Waals surface area contributed by atoms with Crippen LogP contribution in [-0.2, 0) is 14.4 Å². The van der Waals surface area contributed by atoms with Crippen LogP contribution in [0.15, 0.2) is 54.7 Å². The van der Waals surface area contributed by atoms with Crippen LogP contribution < -0.4 is 14.2 Å². The van der Waals surface area contributed by atoms with E-state index in [0.717, 1.165) is 19.3 Å². The van der Waals surface area contributed by atoms with Gasteiger partial charge in [0.25, 0.3) is 0 Å². The quantitative estimate of drug-likeness (QED) is 0.180. The number of rotatable bonds is 12. The third-order valence-corrected chi connectivity index (χ3v) is 13.4. The number of benzene rings is 1. The molecular weight excluding hydrogens is 684 g/mol. The van der Waals surface area contributed by atoms with Gasteiger partial charge in [-0.25, -0.2) is 0 Å². The fraction of sp³-hybridized carbons (Fsp3) is 0.667. The lowest BCUT2D eigenvalue weighted by Crippen LogP contribution is -2.65. The molecule has 3 saturated carbocycles. The first-order valence-electron chi connectivity index (χ1n) is 19.6. The Balaban J connectivity index is 1.92. The minimum Gasteiger partial charge on any atom is -0.484 e. The van der Waals surface area contributed by atoms with Crippen molar-refractivity contribution in [2.75, 3.05) is 0 Å². The summed E-state index contributed by atoms with van der Waals surface area (Å²) >= 11 is 0. The first-order valence-corrected chi connectivity index (χ1v) is 19.6. The Morgan fingerprint density at radius 2 is 0.685 bits per heavy atom. The van der Waals surface area contributed by atoms with Gasteiger partial charge in [0, 0.05) is 34.4 Å². The van der Waals surface area contributed by atoms with Crippen LogP contribution in [0, 0.1) is 16.2 Å². The van der Waals surface area contributed by atoms with Gasteiger partial charge < -0.3 is 29.5 Å². The summed E-state index contributed by atoms with van der Waals surface area (Å²) < 4.78 is 20.6. The highest BCUT2D eigenvalue weighted by molar-refractivity contribution is 5.88. The predicted octanol–water partition coefficient (Wildman–Crippen LogP) is 8.36. The highest BCUT2D eigenvalue weighted by Crippen LogP contribution is 2.56. The summed E-state index contributed by atoms with van der Waals surface area (Å²) in [6, 6.07) is 5.14. The SMILES string of the molecule is CC(=O)C=CC1(O)C(C)(C)CCCC1(C)Oc1cc(OC2(C)CCCC(C)(C)C2(O)C=CC(C)=O)cc(OC2(C)CCCC(C)(C)C2(O)C=CC(C)=O)c1. The van der Waals surface area contributed by atoms with Crippen molar-refractivity contribution in [2.24, 2.45) is 16.2 Å². The zero-order valence-corrected chi connectivity index (χ0v) is 34.9. The van der Waals surface area contributed by atoms with Crippen LogP contribution in [0.25, 0.3) is 0 Å². The first kappa shape index (κ1) is 43.5. The van der Waals surface area contributed by atoms with E-state index in [1.54, 1.807) is 36.4 Å². The van der Waals surface area contributed by atoms with Crippen LogP contribution in [0.3, 0.4) is 0 Å². The lowest BCUT2D eigenvalue weighted by Gasteiger charge is -2.56. The third-order valence-electron chi connectivity index (χ3n) is 13.4. The lowest BCUT2D eigenvalue weighted by molar-refractivity contribution is -0.186. The highest BCUT2D eigenvalue weighted by atomic mass is 16.5. The van der Waals surface area contributed by atoms with Crippen molar-refractivity contribution >= 4 is 17.3 Å². The van der Waals surface area contributed by atoms with Gasteiger partial charge in [-0.1, -0.05) is 41.5 Å². The van der Waals surface area contributed by atoms with Crippen LogP contribution in [0.5, 0.6) is 17.2 Å². The number of hydrogen-bond donors (Lipinski definition) is 3. The van der Waals surface area contributed by atoms with E-state index in [4.69, 9.17) is 14.2 Å². The summed E-state index contributed by atoms with van der Waals surface area (Å²) in [5.41, 5.74) is -10.2. The molecule has 0 bridgehead atoms. The molecule has 1 aromatic carbocycles. The van der Waals surface area contributed by atoms with E-state index >= 15 is 0 Å². The maximum absolute atomic E-state index is 12.5. The second kappa shape index (κ2) is 14.7. The molecule has 9 nitrogen and oxygen atoms in total. The molecule has 0 saturated heterocycles. The Labute approximate surface area is 323 Å². The van der Waals surface area contributed by atoms with E-state index < -0.39 is 49.9 Å². The van der Waals surface area contributed by atoms with Crippen LogP contribution >= 0.6 is 0 Å². The number of ether oxygens (including phenoxy) is 3. The standard InChI is InChI=1S/C45H66O9/c1-31(46)16-25-43(49)37(4,5)19-13-22-40(43,10)52-34-28-35(53-41(11)23-14-20-38(6,7)44(41,50)26-17-32(2)47)30-36(29-34)54-42(12)24-15-21-39(8,9)45(42,51)27-18-33(3)48/h16-18,25-30,49-51H,13-15,19-24H2,1-12H3. The Morgan fingerprint density at radius 1 is 0.463 bits per heavy atom. The minimum absolute atomic E-state index is 0.192. The zero-order chi connectivity index (χ0) is 40.8. The monoisotopic (exact) mass is 750 g/mol. The number of carbonyl (C=O) groups is 3. The summed E-state index contributed by atoms with van der Waals surface area (Å²) in [6.07, 6.45) is 14.8. The molecule has 9 heteroatoms. The first-order chi connectivity index (χ1) is 24.6. The van der Waals surface area contributed by atoms with Crippen LogP contribution in [0.2, 0.25) is 0 Å². The van der Waals surface area contributed by atoms with E-state index in [1.807, 2.05) is 62.3 Å². The second-order valence-corrected chi connectivity index (χ2v) is 19.0. The van der Waals surface area contributed by atoms with Crippen molar-refractivity contribution in [3.63, 3.8) is 0 Å². The Bertz CT molecular complexity index is 1490. The van der Waals surface area contributed by atoms with Crippen molar-refractivity contribution in [3.8, 4) is 17.2 Å². The van der Waals surface area contributed by atoms with Crippen LogP contribution in [-0.4, -0.2) is 66.3 Å². The maximum atomic E-state index is 12.5. The molecular formula is C45H66O9. The number of ketones is 3. The van der Waals surface area contributed by atoms with Gasteiger partial charge in [0.05, 0.1) is 0 Å². The predicted molar refractivity (Wildman–Crippen MR) is 211 cm³/mol. The molecule has 6 atom stereocenters. The summed E-state index contributed by atoms with van der Waals surface area (Å²) in [4.78, 5) is 36.4. The fourth-order valence-electron chi connectivity index (χ4n) is 9.70. The van der Waals surface area contributed by atoms with E-state index in [2.05, 4.69) is 0 Å². The second-order valence-electron chi connectivity index (χ2n) is 19.0. The lowest BCUT2D eigenvalue weighted by atomic mass is 9.58. The molecule has 6 unspecified atom stereocenters. The molecule has 0 aliphatic heterocycles. The van der Waals surface area contributed by atoms with Gasteiger partial charge in [0.15, 0.2) is 17.3 Å². The average Bonchev–Trinajstić information content (AvgIpc) is 3.02. The van der Waals surface area contributed by atoms with Gasteiger partial charge >= 0.3 is 0 Å². The molecule has 0 aromatic heterocycles. The van der Waals surface area contributed by atoms with Gasteiger partial charge in [-0.3, -0.25) is 14.4 Å². The highest BCUT2D eigenvalue weighted by Gasteiger charge is 2.61. The van der Waals surface area contributed by atoms with E-state index in [1.165, 1.54) is 39.0 Å². The number of hydrogen-bond acceptors (Lipinski definition) is 9. The Morgan fingerprint density at radius 3 is 0.889 bits per heavy atom. The maximum Gasteiger partial charge on any atom is 0.152 e. The van der Waals surface area contributed by atoms with Crippen LogP contribution in [0.1, 0.15) is 141 Å². The Kier molecular flexibility index (Phi) is 11.8. The van der Waals surface area contributed by atoms with E-state index in [9.17, 15) is 29.7 Å². The summed E-state index contributed by atoms with van der Waals surface area (Å²) in [5.74, 6) is 0.385. The van der Waals surface area contributed by atoms with Crippen molar-refractivity contribution in [2.45, 2.75) is 174 Å². The molecule has 3 N–H and O–H groups in total. The van der Waals surface area contributed by atoms with Crippen molar-refractivity contribution in [1.29, 1.82) is 0 Å². The molecule has 1 aromatic rings. The average molecular weight is 751 g/mol. The third kappa shape index (κ3) is 7.74. The van der Waals surface area contributed by atoms with Gasteiger partial charge in [-0.2, -0.15) is 0 Å². The van der Waals surface area contributed by atoms with Gasteiger partial charge in [-0.15, -0.1) is 0 Å². The van der Waals surface area contributed by atoms with Crippen molar-refractivity contribution < 1.29 is 43.9 Å². The molecule has 0 spiro atoms. The van der Waals surface area contributed by atoms with E-state index in [-0.39, 0.29) is 17.3 Å². The molecule has 300 valence electrons. The van der Waals surface area contributed by atoms with Gasteiger partial charge in [0.2, 0.25) is 0 Å². The molecule has 0 amide bonds.